The third-order valence-electron chi connectivity index (χ3n) is 4.71. The molecule has 0 aromatic heterocycles. The van der Waals surface area contributed by atoms with Gasteiger partial charge in [0.1, 0.15) is 0 Å². The molecule has 2 rings (SSSR count). The predicted octanol–water partition coefficient (Wildman–Crippen LogP) is 2.13. The molecule has 2 N–H and O–H groups in total. The fraction of sp³-hybridized carbons (Fsp3) is 0.650. The smallest absolute Gasteiger partial charge is 0.191 e. The topological polar surface area (TPSA) is 83.0 Å². The normalized spacial score (nSPS) is 16.7. The zero-order chi connectivity index (χ0) is 20.2. The summed E-state index contributed by atoms with van der Waals surface area (Å²) < 4.78 is 30.7. The molecule has 29 heavy (non-hydrogen) atoms. The van der Waals surface area contributed by atoms with Crippen LogP contribution in [-0.2, 0) is 14.6 Å². The fourth-order valence-electron chi connectivity index (χ4n) is 3.07. The van der Waals surface area contributed by atoms with Gasteiger partial charge in [-0.3, -0.25) is 9.89 Å². The van der Waals surface area contributed by atoms with Crippen molar-refractivity contribution in [3.63, 3.8) is 0 Å². The monoisotopic (exact) mass is 538 g/mol. The summed E-state index contributed by atoms with van der Waals surface area (Å²) in [5.74, 6) is 0.728. The maximum absolute atomic E-state index is 12.7. The van der Waals surface area contributed by atoms with E-state index in [0.717, 1.165) is 45.8 Å². The van der Waals surface area contributed by atoms with E-state index in [-0.39, 0.29) is 35.8 Å². The molecule has 1 fully saturated rings. The van der Waals surface area contributed by atoms with Crippen LogP contribution < -0.4 is 10.6 Å². The van der Waals surface area contributed by atoms with Crippen LogP contribution in [0.15, 0.2) is 40.2 Å². The van der Waals surface area contributed by atoms with Gasteiger partial charge in [0.2, 0.25) is 0 Å². The fourth-order valence-corrected chi connectivity index (χ4v) is 4.69. The van der Waals surface area contributed by atoms with E-state index in [9.17, 15) is 8.42 Å². The Balaban J connectivity index is 0.00000420. The zero-order valence-corrected chi connectivity index (χ0v) is 20.6. The number of nitrogens with one attached hydrogen (secondary N) is 2. The molecule has 0 aliphatic carbocycles. The highest BCUT2D eigenvalue weighted by Gasteiger charge is 2.21. The van der Waals surface area contributed by atoms with E-state index < -0.39 is 9.84 Å². The van der Waals surface area contributed by atoms with Gasteiger partial charge in [-0.2, -0.15) is 0 Å². The summed E-state index contributed by atoms with van der Waals surface area (Å²) in [6, 6.07) is 8.42. The number of hydrogen-bond donors (Lipinski definition) is 2. The van der Waals surface area contributed by atoms with E-state index in [1.807, 2.05) is 19.9 Å². The number of sulfone groups is 1. The molecule has 9 heteroatoms. The Bertz CT molecular complexity index is 695. The van der Waals surface area contributed by atoms with E-state index in [1.54, 1.807) is 24.3 Å². The molecule has 7 nitrogen and oxygen atoms in total. The number of benzene rings is 1. The van der Waals surface area contributed by atoms with Crippen molar-refractivity contribution in [2.75, 3.05) is 51.7 Å². The molecule has 1 unspecified atom stereocenters. The van der Waals surface area contributed by atoms with Gasteiger partial charge in [-0.1, -0.05) is 25.1 Å². The summed E-state index contributed by atoms with van der Waals surface area (Å²) in [7, 11) is -3.34. The quantitative estimate of drug-likeness (QED) is 0.206. The van der Waals surface area contributed by atoms with Crippen LogP contribution in [0.25, 0.3) is 0 Å². The highest BCUT2D eigenvalue weighted by molar-refractivity contribution is 14.0. The number of aliphatic imine (C=N–C) groups is 1. The minimum absolute atomic E-state index is 0. The van der Waals surface area contributed by atoms with Crippen LogP contribution in [0.3, 0.4) is 0 Å². The highest BCUT2D eigenvalue weighted by Crippen LogP contribution is 2.12. The van der Waals surface area contributed by atoms with Crippen LogP contribution >= 0.6 is 24.0 Å². The largest absolute Gasteiger partial charge is 0.379 e. The number of morpholine rings is 1. The van der Waals surface area contributed by atoms with Gasteiger partial charge in [-0.25, -0.2) is 8.42 Å². The van der Waals surface area contributed by atoms with Gasteiger partial charge >= 0.3 is 0 Å². The minimum Gasteiger partial charge on any atom is -0.379 e. The molecule has 1 aliphatic rings. The van der Waals surface area contributed by atoms with E-state index in [2.05, 4.69) is 20.5 Å². The molecule has 1 heterocycles. The molecule has 1 atom stereocenters. The summed E-state index contributed by atoms with van der Waals surface area (Å²) in [5, 5.41) is 6.52. The molecule has 1 aliphatic heterocycles. The van der Waals surface area contributed by atoms with Crippen LogP contribution in [0.5, 0.6) is 0 Å². The van der Waals surface area contributed by atoms with Crippen molar-refractivity contribution in [1.82, 2.24) is 15.5 Å². The average molecular weight is 538 g/mol. The Morgan fingerprint density at radius 2 is 1.90 bits per heavy atom. The number of rotatable bonds is 10. The predicted molar refractivity (Wildman–Crippen MR) is 129 cm³/mol. The molecule has 166 valence electrons. The van der Waals surface area contributed by atoms with Crippen molar-refractivity contribution in [2.45, 2.75) is 37.6 Å². The zero-order valence-electron chi connectivity index (χ0n) is 17.5. The Labute approximate surface area is 192 Å². The van der Waals surface area contributed by atoms with Crippen molar-refractivity contribution < 1.29 is 13.2 Å². The Hall–Kier alpha value is -0.910. The average Bonchev–Trinajstić information content (AvgIpc) is 2.72. The van der Waals surface area contributed by atoms with Crippen molar-refractivity contribution in [3.05, 3.63) is 30.3 Å². The Morgan fingerprint density at radius 1 is 1.21 bits per heavy atom. The molecule has 0 amide bonds. The maximum atomic E-state index is 12.7. The van der Waals surface area contributed by atoms with Gasteiger partial charge in [0.25, 0.3) is 0 Å². The molecule has 1 saturated heterocycles. The van der Waals surface area contributed by atoms with E-state index in [4.69, 9.17) is 4.74 Å². The molecular formula is C20H35IN4O3S. The third kappa shape index (κ3) is 9.63. The first kappa shape index (κ1) is 26.1. The van der Waals surface area contributed by atoms with Crippen molar-refractivity contribution >= 4 is 39.8 Å². The summed E-state index contributed by atoms with van der Waals surface area (Å²) in [5.41, 5.74) is 0. The van der Waals surface area contributed by atoms with Gasteiger partial charge in [-0.05, 0) is 31.9 Å². The Kier molecular flexibility index (Phi) is 12.8. The number of guanidine groups is 1. The van der Waals surface area contributed by atoms with Gasteiger partial charge in [0, 0.05) is 38.8 Å². The van der Waals surface area contributed by atoms with E-state index >= 15 is 0 Å². The van der Waals surface area contributed by atoms with E-state index in [0.29, 0.717) is 23.8 Å². The van der Waals surface area contributed by atoms with Gasteiger partial charge in [0.15, 0.2) is 15.8 Å². The second-order valence-electron chi connectivity index (χ2n) is 6.91. The lowest BCUT2D eigenvalue weighted by Gasteiger charge is -2.26. The summed E-state index contributed by atoms with van der Waals surface area (Å²) in [6.07, 6.45) is 1.67. The molecule has 0 spiro atoms. The summed E-state index contributed by atoms with van der Waals surface area (Å²) in [4.78, 5) is 7.38. The second kappa shape index (κ2) is 14.2. The number of nitrogens with zero attached hydrogens (tertiary/aromatic N) is 2. The molecule has 0 radical (unpaired) electrons. The van der Waals surface area contributed by atoms with Crippen molar-refractivity contribution in [2.24, 2.45) is 4.99 Å². The molecule has 1 aromatic rings. The van der Waals surface area contributed by atoms with Crippen LogP contribution in [0.1, 0.15) is 26.7 Å². The standard InChI is InChI=1S/C20H34N4O3S.HI/c1-3-18(17-28(25,26)19-9-6-5-7-10-19)23-20(21-4-2)22-11-8-12-24-13-15-27-16-14-24;/h5-7,9-10,18H,3-4,8,11-17H2,1-2H3,(H2,21,22,23);1H. The first-order chi connectivity index (χ1) is 13.5. The molecular weight excluding hydrogens is 503 g/mol. The lowest BCUT2D eigenvalue weighted by atomic mass is 10.2. The molecule has 0 bridgehead atoms. The summed E-state index contributed by atoms with van der Waals surface area (Å²) >= 11 is 0. The summed E-state index contributed by atoms with van der Waals surface area (Å²) in [6.45, 7) is 10.0. The van der Waals surface area contributed by atoms with Gasteiger partial charge < -0.3 is 15.4 Å². The number of halogens is 1. The van der Waals surface area contributed by atoms with Crippen LogP contribution in [-0.4, -0.2) is 77.0 Å². The van der Waals surface area contributed by atoms with Crippen molar-refractivity contribution in [3.8, 4) is 0 Å². The highest BCUT2D eigenvalue weighted by atomic mass is 127. The molecule has 1 aromatic carbocycles. The molecule has 0 saturated carbocycles. The lowest BCUT2D eigenvalue weighted by Crippen LogP contribution is -2.46. The number of hydrogen-bond acceptors (Lipinski definition) is 5. The van der Waals surface area contributed by atoms with Crippen molar-refractivity contribution in [1.29, 1.82) is 0 Å². The van der Waals surface area contributed by atoms with Gasteiger partial charge in [-0.15, -0.1) is 24.0 Å². The maximum Gasteiger partial charge on any atom is 0.191 e. The Morgan fingerprint density at radius 3 is 2.52 bits per heavy atom. The van der Waals surface area contributed by atoms with Gasteiger partial charge in [0.05, 0.1) is 23.9 Å². The minimum atomic E-state index is -3.34. The van der Waals surface area contributed by atoms with Crippen LogP contribution in [0.4, 0.5) is 0 Å². The third-order valence-corrected chi connectivity index (χ3v) is 6.54. The first-order valence-corrected chi connectivity index (χ1v) is 11.8. The lowest BCUT2D eigenvalue weighted by molar-refractivity contribution is 0.0377. The van der Waals surface area contributed by atoms with E-state index in [1.165, 1.54) is 0 Å². The first-order valence-electron chi connectivity index (χ1n) is 10.2. The van der Waals surface area contributed by atoms with Crippen LogP contribution in [0, 0.1) is 0 Å². The second-order valence-corrected chi connectivity index (χ2v) is 8.95. The number of ether oxygens (including phenoxy) is 1. The SMILES string of the molecule is CCNC(=NCCCN1CCOCC1)NC(CC)CS(=O)(=O)c1ccccc1.I. The van der Waals surface area contributed by atoms with Crippen LogP contribution in [0.2, 0.25) is 0 Å².